The summed E-state index contributed by atoms with van der Waals surface area (Å²) in [6, 6.07) is 3.60. The molecule has 0 unspecified atom stereocenters. The zero-order chi connectivity index (χ0) is 17.6. The summed E-state index contributed by atoms with van der Waals surface area (Å²) in [5.41, 5.74) is 0.894. The van der Waals surface area contributed by atoms with E-state index in [9.17, 15) is 0 Å². The number of oxazole rings is 1. The first-order valence-corrected chi connectivity index (χ1v) is 8.06. The fourth-order valence-corrected chi connectivity index (χ4v) is 2.15. The predicted octanol–water partition coefficient (Wildman–Crippen LogP) is 1.92. The fourth-order valence-electron chi connectivity index (χ4n) is 2.15. The van der Waals surface area contributed by atoms with Gasteiger partial charge in [0.15, 0.2) is 11.7 Å². The Kier molecular flexibility index (Phi) is 5.12. The summed E-state index contributed by atoms with van der Waals surface area (Å²) < 4.78 is 10.8. The average Bonchev–Trinajstić information content (AvgIpc) is 3.32. The maximum Gasteiger partial charge on any atom is 0.216 e. The van der Waals surface area contributed by atoms with Gasteiger partial charge >= 0.3 is 0 Å². The standard InChI is InChI=1S/C16H21N7O2/c1-4-17-16(19-9-14-20-10(2)11(3)25-14)18-8-13-21-15(23-22-13)12-6-5-7-24-12/h5-7H,4,8-9H2,1-3H3,(H2,17,18,19)(H,21,22,23). The predicted molar refractivity (Wildman–Crippen MR) is 91.7 cm³/mol. The number of guanidine groups is 1. The molecule has 0 atom stereocenters. The zero-order valence-corrected chi connectivity index (χ0v) is 14.5. The minimum Gasteiger partial charge on any atom is -0.461 e. The van der Waals surface area contributed by atoms with Crippen molar-refractivity contribution in [1.82, 2.24) is 30.8 Å². The highest BCUT2D eigenvalue weighted by molar-refractivity contribution is 5.79. The zero-order valence-electron chi connectivity index (χ0n) is 14.5. The first kappa shape index (κ1) is 16.7. The van der Waals surface area contributed by atoms with Crippen molar-refractivity contribution in [2.24, 2.45) is 4.99 Å². The first-order chi connectivity index (χ1) is 12.2. The molecule has 132 valence electrons. The van der Waals surface area contributed by atoms with Gasteiger partial charge in [-0.05, 0) is 32.9 Å². The molecule has 25 heavy (non-hydrogen) atoms. The molecular formula is C16H21N7O2. The van der Waals surface area contributed by atoms with Gasteiger partial charge in [0.05, 0.1) is 18.5 Å². The SMILES string of the molecule is CCNC(=NCc1nc(-c2ccco2)n[nH]1)NCc1nc(C)c(C)o1. The molecule has 3 N–H and O–H groups in total. The first-order valence-electron chi connectivity index (χ1n) is 8.06. The van der Waals surface area contributed by atoms with Crippen LogP contribution >= 0.6 is 0 Å². The van der Waals surface area contributed by atoms with Gasteiger partial charge in [-0.25, -0.2) is 15.0 Å². The second kappa shape index (κ2) is 7.65. The molecule has 0 aliphatic carbocycles. The summed E-state index contributed by atoms with van der Waals surface area (Å²) in [5.74, 6) is 3.87. The third kappa shape index (κ3) is 4.25. The van der Waals surface area contributed by atoms with Crippen LogP contribution in [-0.4, -0.2) is 32.7 Å². The van der Waals surface area contributed by atoms with Gasteiger partial charge in [-0.15, -0.1) is 5.10 Å². The Morgan fingerprint density at radius 3 is 2.84 bits per heavy atom. The van der Waals surface area contributed by atoms with Gasteiger partial charge in [-0.1, -0.05) is 0 Å². The van der Waals surface area contributed by atoms with Gasteiger partial charge in [0.25, 0.3) is 0 Å². The van der Waals surface area contributed by atoms with Gasteiger partial charge in [0.2, 0.25) is 11.7 Å². The lowest BCUT2D eigenvalue weighted by atomic mass is 10.4. The molecular weight excluding hydrogens is 322 g/mol. The summed E-state index contributed by atoms with van der Waals surface area (Å²) in [5, 5.41) is 13.3. The van der Waals surface area contributed by atoms with E-state index in [2.05, 4.69) is 35.8 Å². The molecule has 0 spiro atoms. The molecule has 0 aromatic carbocycles. The van der Waals surface area contributed by atoms with Gasteiger partial charge < -0.3 is 19.5 Å². The number of furan rings is 1. The van der Waals surface area contributed by atoms with E-state index in [-0.39, 0.29) is 0 Å². The Labute approximate surface area is 145 Å². The molecule has 0 saturated carbocycles. The minimum atomic E-state index is 0.354. The third-order valence-electron chi connectivity index (χ3n) is 3.48. The maximum absolute atomic E-state index is 5.55. The summed E-state index contributed by atoms with van der Waals surface area (Å²) in [7, 11) is 0. The number of hydrogen-bond donors (Lipinski definition) is 3. The number of aromatic amines is 1. The third-order valence-corrected chi connectivity index (χ3v) is 3.48. The van der Waals surface area contributed by atoms with E-state index in [1.54, 1.807) is 12.3 Å². The lowest BCUT2D eigenvalue weighted by molar-refractivity contribution is 0.463. The Balaban J connectivity index is 1.61. The molecule has 0 saturated heterocycles. The molecule has 0 fully saturated rings. The second-order valence-corrected chi connectivity index (χ2v) is 5.38. The molecule has 0 amide bonds. The van der Waals surface area contributed by atoms with E-state index >= 15 is 0 Å². The Bertz CT molecular complexity index is 813. The van der Waals surface area contributed by atoms with Crippen molar-refractivity contribution in [1.29, 1.82) is 0 Å². The highest BCUT2D eigenvalue weighted by atomic mass is 16.4. The van der Waals surface area contributed by atoms with E-state index < -0.39 is 0 Å². The lowest BCUT2D eigenvalue weighted by Crippen LogP contribution is -2.36. The van der Waals surface area contributed by atoms with Gasteiger partial charge in [-0.2, -0.15) is 0 Å². The molecule has 3 aromatic heterocycles. The molecule has 0 aliphatic rings. The van der Waals surface area contributed by atoms with Crippen LogP contribution in [0.5, 0.6) is 0 Å². The largest absolute Gasteiger partial charge is 0.461 e. The van der Waals surface area contributed by atoms with Crippen molar-refractivity contribution in [2.45, 2.75) is 33.9 Å². The summed E-state index contributed by atoms with van der Waals surface area (Å²) in [6.45, 7) is 7.36. The topological polar surface area (TPSA) is 117 Å². The molecule has 0 aliphatic heterocycles. The molecule has 0 bridgehead atoms. The number of rotatable bonds is 6. The smallest absolute Gasteiger partial charge is 0.216 e. The molecule has 3 aromatic rings. The van der Waals surface area contributed by atoms with E-state index in [0.29, 0.717) is 42.3 Å². The summed E-state index contributed by atoms with van der Waals surface area (Å²) >= 11 is 0. The van der Waals surface area contributed by atoms with Crippen molar-refractivity contribution in [3.05, 3.63) is 41.6 Å². The van der Waals surface area contributed by atoms with E-state index in [0.717, 1.165) is 18.0 Å². The molecule has 9 nitrogen and oxygen atoms in total. The maximum atomic E-state index is 5.55. The fraction of sp³-hybridized carbons (Fsp3) is 0.375. The number of hydrogen-bond acceptors (Lipinski definition) is 6. The van der Waals surface area contributed by atoms with Crippen LogP contribution in [0, 0.1) is 13.8 Å². The average molecular weight is 343 g/mol. The van der Waals surface area contributed by atoms with E-state index in [4.69, 9.17) is 8.83 Å². The minimum absolute atomic E-state index is 0.354. The molecule has 0 radical (unpaired) electrons. The highest BCUT2D eigenvalue weighted by Gasteiger charge is 2.09. The normalized spacial score (nSPS) is 11.7. The van der Waals surface area contributed by atoms with Crippen molar-refractivity contribution in [2.75, 3.05) is 6.54 Å². The van der Waals surface area contributed by atoms with Gasteiger partial charge in [-0.3, -0.25) is 5.10 Å². The van der Waals surface area contributed by atoms with Crippen LogP contribution in [0.4, 0.5) is 0 Å². The van der Waals surface area contributed by atoms with Crippen LogP contribution in [0.3, 0.4) is 0 Å². The van der Waals surface area contributed by atoms with Crippen molar-refractivity contribution >= 4 is 5.96 Å². The molecule has 9 heteroatoms. The molecule has 3 heterocycles. The van der Waals surface area contributed by atoms with Crippen LogP contribution in [0.25, 0.3) is 11.6 Å². The van der Waals surface area contributed by atoms with Crippen LogP contribution in [0.1, 0.15) is 30.1 Å². The summed E-state index contributed by atoms with van der Waals surface area (Å²) in [4.78, 5) is 13.2. The van der Waals surface area contributed by atoms with Crippen LogP contribution < -0.4 is 10.6 Å². The van der Waals surface area contributed by atoms with Crippen LogP contribution in [0.15, 0.2) is 32.2 Å². The number of aromatic nitrogens is 4. The Morgan fingerprint density at radius 1 is 1.28 bits per heavy atom. The van der Waals surface area contributed by atoms with Gasteiger partial charge in [0, 0.05) is 6.54 Å². The number of H-pyrrole nitrogens is 1. The number of aliphatic imine (C=N–C) groups is 1. The molecule has 3 rings (SSSR count). The quantitative estimate of drug-likeness (QED) is 0.462. The number of nitrogens with one attached hydrogen (secondary N) is 3. The number of aryl methyl sites for hydroxylation is 2. The van der Waals surface area contributed by atoms with E-state index in [1.807, 2.05) is 26.8 Å². The lowest BCUT2D eigenvalue weighted by Gasteiger charge is -2.09. The monoisotopic (exact) mass is 343 g/mol. The van der Waals surface area contributed by atoms with Gasteiger partial charge in [0.1, 0.15) is 18.1 Å². The number of nitrogens with zero attached hydrogens (tertiary/aromatic N) is 4. The van der Waals surface area contributed by atoms with Crippen LogP contribution in [0.2, 0.25) is 0 Å². The van der Waals surface area contributed by atoms with Crippen molar-refractivity contribution < 1.29 is 8.83 Å². The Morgan fingerprint density at radius 2 is 2.16 bits per heavy atom. The second-order valence-electron chi connectivity index (χ2n) is 5.38. The van der Waals surface area contributed by atoms with Crippen molar-refractivity contribution in [3.8, 4) is 11.6 Å². The van der Waals surface area contributed by atoms with E-state index in [1.165, 1.54) is 0 Å². The highest BCUT2D eigenvalue weighted by Crippen LogP contribution is 2.14. The van der Waals surface area contributed by atoms with Crippen molar-refractivity contribution in [3.63, 3.8) is 0 Å². The van der Waals surface area contributed by atoms with Crippen LogP contribution in [-0.2, 0) is 13.1 Å². The summed E-state index contributed by atoms with van der Waals surface area (Å²) in [6.07, 6.45) is 1.59. The Hall–Kier alpha value is -3.10.